The Labute approximate surface area is 152 Å². The van der Waals surface area contributed by atoms with E-state index in [9.17, 15) is 13.2 Å². The van der Waals surface area contributed by atoms with E-state index in [0.29, 0.717) is 12.1 Å². The third-order valence-electron chi connectivity index (χ3n) is 4.60. The molecular weight excluding hydrogens is 356 g/mol. The average molecular weight is 379 g/mol. The van der Waals surface area contributed by atoms with Crippen LogP contribution in [-0.4, -0.2) is 44.2 Å². The minimum absolute atomic E-state index is 0.0524. The first-order chi connectivity index (χ1) is 11.9. The molecule has 1 amide bonds. The number of fused-ring (bicyclic) bond motifs is 1. The lowest BCUT2D eigenvalue weighted by atomic mass is 9.97. The van der Waals surface area contributed by atoms with Crippen molar-refractivity contribution in [3.63, 3.8) is 0 Å². The quantitative estimate of drug-likeness (QED) is 0.821. The first-order valence-electron chi connectivity index (χ1n) is 8.26. The van der Waals surface area contributed by atoms with Crippen molar-refractivity contribution in [2.45, 2.75) is 30.7 Å². The van der Waals surface area contributed by atoms with Crippen LogP contribution in [0.15, 0.2) is 40.6 Å². The Morgan fingerprint density at radius 1 is 1.32 bits per heavy atom. The summed E-state index contributed by atoms with van der Waals surface area (Å²) in [6.45, 7) is 2.74. The van der Waals surface area contributed by atoms with Crippen molar-refractivity contribution in [2.75, 3.05) is 20.6 Å². The molecule has 1 aliphatic heterocycles. The van der Waals surface area contributed by atoms with Crippen LogP contribution in [0.2, 0.25) is 0 Å². The highest BCUT2D eigenvalue weighted by atomic mass is 32.2. The Bertz CT molecular complexity index is 887. The second-order valence-electron chi connectivity index (χ2n) is 6.29. The fraction of sp³-hybridized carbons (Fsp3) is 0.389. The van der Waals surface area contributed by atoms with E-state index < -0.39 is 10.0 Å². The molecule has 0 spiro atoms. The summed E-state index contributed by atoms with van der Waals surface area (Å²) in [5.74, 6) is -0.112. The zero-order valence-corrected chi connectivity index (χ0v) is 16.2. The molecule has 3 rings (SSSR count). The van der Waals surface area contributed by atoms with E-state index in [0.717, 1.165) is 17.1 Å². The van der Waals surface area contributed by atoms with Gasteiger partial charge in [-0.05, 0) is 48.1 Å². The normalized spacial score (nSPS) is 17.6. The predicted molar refractivity (Wildman–Crippen MR) is 99.4 cm³/mol. The predicted octanol–water partition coefficient (Wildman–Crippen LogP) is 3.15. The summed E-state index contributed by atoms with van der Waals surface area (Å²) in [7, 11) is -0.587. The molecule has 0 saturated heterocycles. The summed E-state index contributed by atoms with van der Waals surface area (Å²) >= 11 is 1.74. The first kappa shape index (κ1) is 18.1. The van der Waals surface area contributed by atoms with Crippen LogP contribution >= 0.6 is 11.3 Å². The van der Waals surface area contributed by atoms with Gasteiger partial charge in [0.05, 0.1) is 10.9 Å². The Morgan fingerprint density at radius 3 is 2.76 bits per heavy atom. The van der Waals surface area contributed by atoms with Crippen LogP contribution in [0.5, 0.6) is 0 Å². The Balaban J connectivity index is 1.94. The molecule has 2 aromatic rings. The number of nitrogens with zero attached hydrogens (tertiary/aromatic N) is 2. The van der Waals surface area contributed by atoms with Gasteiger partial charge in [-0.1, -0.05) is 13.0 Å². The number of thiophene rings is 1. The number of amides is 1. The van der Waals surface area contributed by atoms with Crippen LogP contribution < -0.4 is 0 Å². The first-order valence-corrected chi connectivity index (χ1v) is 10.6. The summed E-state index contributed by atoms with van der Waals surface area (Å²) in [4.78, 5) is 16.4. The number of sulfonamides is 1. The van der Waals surface area contributed by atoms with Crippen LogP contribution in [0.1, 0.15) is 40.2 Å². The van der Waals surface area contributed by atoms with E-state index in [1.165, 1.54) is 36.7 Å². The smallest absolute Gasteiger partial charge is 0.254 e. The lowest BCUT2D eigenvalue weighted by Gasteiger charge is -2.35. The SMILES string of the molecule is CC[C@@H]1c2ccsc2CCN1C(=O)c1cccc(S(=O)(=O)N(C)C)c1. The van der Waals surface area contributed by atoms with Gasteiger partial charge in [0.25, 0.3) is 5.91 Å². The van der Waals surface area contributed by atoms with Crippen LogP contribution in [-0.2, 0) is 16.4 Å². The van der Waals surface area contributed by atoms with Gasteiger partial charge in [-0.2, -0.15) is 0 Å². The Hall–Kier alpha value is -1.70. The number of hydrogen-bond donors (Lipinski definition) is 0. The highest BCUT2D eigenvalue weighted by Crippen LogP contribution is 2.36. The van der Waals surface area contributed by atoms with Gasteiger partial charge < -0.3 is 4.90 Å². The van der Waals surface area contributed by atoms with Crippen molar-refractivity contribution in [1.82, 2.24) is 9.21 Å². The van der Waals surface area contributed by atoms with E-state index >= 15 is 0 Å². The van der Waals surface area contributed by atoms with Gasteiger partial charge >= 0.3 is 0 Å². The molecule has 0 radical (unpaired) electrons. The molecule has 1 aromatic heterocycles. The number of carbonyl (C=O) groups is 1. The van der Waals surface area contributed by atoms with E-state index in [1.54, 1.807) is 23.5 Å². The van der Waals surface area contributed by atoms with Crippen molar-refractivity contribution in [3.8, 4) is 0 Å². The maximum absolute atomic E-state index is 13.1. The fourth-order valence-electron chi connectivity index (χ4n) is 3.25. The van der Waals surface area contributed by atoms with Crippen molar-refractivity contribution < 1.29 is 13.2 Å². The van der Waals surface area contributed by atoms with E-state index in [4.69, 9.17) is 0 Å². The molecule has 5 nitrogen and oxygen atoms in total. The van der Waals surface area contributed by atoms with Crippen molar-refractivity contribution in [1.29, 1.82) is 0 Å². The minimum atomic E-state index is -3.56. The van der Waals surface area contributed by atoms with Gasteiger partial charge in [0, 0.05) is 31.1 Å². The molecule has 0 fully saturated rings. The minimum Gasteiger partial charge on any atom is -0.331 e. The van der Waals surface area contributed by atoms with E-state index in [-0.39, 0.29) is 16.8 Å². The standard InChI is InChI=1S/C18H22N2O3S2/c1-4-16-15-9-11-24-17(15)8-10-20(16)18(21)13-6-5-7-14(12-13)25(22,23)19(2)3/h5-7,9,11-12,16H,4,8,10H2,1-3H3/t16-/m1/s1. The van der Waals surface area contributed by atoms with Gasteiger partial charge in [-0.3, -0.25) is 4.79 Å². The third kappa shape index (κ3) is 3.23. The molecule has 0 bridgehead atoms. The summed E-state index contributed by atoms with van der Waals surface area (Å²) < 4.78 is 25.8. The Kier molecular flexibility index (Phi) is 4.99. The van der Waals surface area contributed by atoms with Gasteiger partial charge in [0.15, 0.2) is 0 Å². The number of rotatable bonds is 4. The summed E-state index contributed by atoms with van der Waals surface area (Å²) in [5, 5.41) is 2.07. The number of carbonyl (C=O) groups excluding carboxylic acids is 1. The highest BCUT2D eigenvalue weighted by molar-refractivity contribution is 7.89. The summed E-state index contributed by atoms with van der Waals surface area (Å²) in [5.41, 5.74) is 1.64. The van der Waals surface area contributed by atoms with Crippen LogP contribution in [0.25, 0.3) is 0 Å². The molecule has 1 aromatic carbocycles. The van der Waals surface area contributed by atoms with Crippen molar-refractivity contribution >= 4 is 27.3 Å². The summed E-state index contributed by atoms with van der Waals surface area (Å²) in [6, 6.07) is 8.47. The molecule has 1 aliphatic rings. The summed E-state index contributed by atoms with van der Waals surface area (Å²) in [6.07, 6.45) is 1.69. The lowest BCUT2D eigenvalue weighted by Crippen LogP contribution is -2.39. The van der Waals surface area contributed by atoms with Gasteiger partial charge in [0.2, 0.25) is 10.0 Å². The number of benzene rings is 1. The van der Waals surface area contributed by atoms with Crippen LogP contribution in [0, 0.1) is 0 Å². The van der Waals surface area contributed by atoms with Gasteiger partial charge in [-0.25, -0.2) is 12.7 Å². The number of hydrogen-bond acceptors (Lipinski definition) is 4. The maximum atomic E-state index is 13.1. The molecule has 7 heteroatoms. The zero-order valence-electron chi connectivity index (χ0n) is 14.6. The molecule has 0 unspecified atom stereocenters. The second-order valence-corrected chi connectivity index (χ2v) is 9.44. The van der Waals surface area contributed by atoms with Crippen LogP contribution in [0.4, 0.5) is 0 Å². The molecule has 0 saturated carbocycles. The third-order valence-corrected chi connectivity index (χ3v) is 7.41. The average Bonchev–Trinajstić information content (AvgIpc) is 3.08. The molecule has 25 heavy (non-hydrogen) atoms. The molecular formula is C18H22N2O3S2. The fourth-order valence-corrected chi connectivity index (χ4v) is 5.12. The molecule has 0 N–H and O–H groups in total. The topological polar surface area (TPSA) is 57.7 Å². The second kappa shape index (κ2) is 6.90. The van der Waals surface area contributed by atoms with E-state index in [1.807, 2.05) is 4.90 Å². The van der Waals surface area contributed by atoms with Gasteiger partial charge in [-0.15, -0.1) is 11.3 Å². The molecule has 134 valence electrons. The zero-order chi connectivity index (χ0) is 18.2. The molecule has 2 heterocycles. The largest absolute Gasteiger partial charge is 0.331 e. The van der Waals surface area contributed by atoms with Crippen molar-refractivity contribution in [3.05, 3.63) is 51.7 Å². The Morgan fingerprint density at radius 2 is 2.08 bits per heavy atom. The van der Waals surface area contributed by atoms with Gasteiger partial charge in [0.1, 0.15) is 0 Å². The van der Waals surface area contributed by atoms with Crippen molar-refractivity contribution in [2.24, 2.45) is 0 Å². The monoisotopic (exact) mass is 378 g/mol. The van der Waals surface area contributed by atoms with E-state index in [2.05, 4.69) is 18.4 Å². The lowest BCUT2D eigenvalue weighted by molar-refractivity contribution is 0.0657. The van der Waals surface area contributed by atoms with Crippen LogP contribution in [0.3, 0.4) is 0 Å². The maximum Gasteiger partial charge on any atom is 0.254 e. The highest BCUT2D eigenvalue weighted by Gasteiger charge is 2.31. The molecule has 1 atom stereocenters. The molecule has 0 aliphatic carbocycles.